The van der Waals surface area contributed by atoms with Crippen LogP contribution in [0.1, 0.15) is 18.6 Å². The van der Waals surface area contributed by atoms with Crippen LogP contribution in [0.2, 0.25) is 0 Å². The lowest BCUT2D eigenvalue weighted by molar-refractivity contribution is 0.102. The molecule has 1 aliphatic heterocycles. The Morgan fingerprint density at radius 3 is 2.72 bits per heavy atom. The highest BCUT2D eigenvalue weighted by Crippen LogP contribution is 2.23. The van der Waals surface area contributed by atoms with Gasteiger partial charge in [0, 0.05) is 82.0 Å². The summed E-state index contributed by atoms with van der Waals surface area (Å²) in [6, 6.07) is 6.78. The molecule has 0 bridgehead atoms. The summed E-state index contributed by atoms with van der Waals surface area (Å²) in [5, 5.41) is 7.41. The minimum Gasteiger partial charge on any atom is -0.354 e. The van der Waals surface area contributed by atoms with E-state index in [4.69, 9.17) is 8.22 Å². The highest BCUT2D eigenvalue weighted by molar-refractivity contribution is 6.04. The zero-order valence-corrected chi connectivity index (χ0v) is 17.1. The van der Waals surface area contributed by atoms with Crippen molar-refractivity contribution in [1.29, 1.82) is 0 Å². The second kappa shape index (κ2) is 8.35. The predicted molar refractivity (Wildman–Crippen MR) is 124 cm³/mol. The summed E-state index contributed by atoms with van der Waals surface area (Å²) in [6.07, 6.45) is 7.60. The molecule has 4 aromatic rings. The van der Waals surface area contributed by atoms with Crippen molar-refractivity contribution in [2.24, 2.45) is 6.98 Å². The number of pyridine rings is 3. The van der Waals surface area contributed by atoms with Gasteiger partial charge in [-0.25, -0.2) is 9.97 Å². The Hall–Kier alpha value is -3.85. The van der Waals surface area contributed by atoms with Crippen LogP contribution < -0.4 is 10.2 Å². The summed E-state index contributed by atoms with van der Waals surface area (Å²) in [5.41, 5.74) is 2.27. The number of likely N-dealkylation sites (N-methyl/N-ethyl adjacent to an activating group) is 1. The second-order valence-corrected chi connectivity index (χ2v) is 7.49. The standard InChI is InChI=1S/C23H24N8O/c1-29-5-7-31(8-6-29)22-11-16(3-4-24-22)23(32)28-21-10-17-9-18(12-25-20(17)14-26-21)19-13-27-30(2)15-19/h3-4,9-15H,5-8H2,1-2H3,(H,26,28,32)/i1D3,2D3. The number of carbonyl (C=O) groups is 1. The Bertz CT molecular complexity index is 1480. The largest absolute Gasteiger partial charge is 0.354 e. The van der Waals surface area contributed by atoms with Crippen molar-refractivity contribution in [3.05, 3.63) is 60.8 Å². The lowest BCUT2D eigenvalue weighted by Crippen LogP contribution is -2.44. The number of aromatic nitrogens is 5. The Morgan fingerprint density at radius 1 is 1.00 bits per heavy atom. The SMILES string of the molecule is [2H]C([2H])([2H])N1CCN(c2cc(C(=O)Nc3cc4cc(-c5cnn(C([2H])([2H])[2H])c5)cnc4cn3)ccn2)CC1. The van der Waals surface area contributed by atoms with E-state index in [1.807, 2.05) is 11.0 Å². The maximum Gasteiger partial charge on any atom is 0.257 e. The van der Waals surface area contributed by atoms with Crippen molar-refractivity contribution in [1.82, 2.24) is 29.6 Å². The van der Waals surface area contributed by atoms with Gasteiger partial charge in [-0.3, -0.25) is 14.5 Å². The molecule has 4 aromatic heterocycles. The van der Waals surface area contributed by atoms with Gasteiger partial charge in [0.15, 0.2) is 0 Å². The van der Waals surface area contributed by atoms with Crippen LogP contribution >= 0.6 is 0 Å². The average molecular weight is 435 g/mol. The summed E-state index contributed by atoms with van der Waals surface area (Å²) in [5.74, 6) is 0.551. The fourth-order valence-electron chi connectivity index (χ4n) is 3.59. The molecule has 9 heteroatoms. The molecule has 0 unspecified atom stereocenters. The number of hydrogen-bond donors (Lipinski definition) is 1. The number of nitrogens with one attached hydrogen (secondary N) is 1. The molecule has 1 saturated heterocycles. The molecule has 0 saturated carbocycles. The summed E-state index contributed by atoms with van der Waals surface area (Å²) in [6.45, 7) is -2.76. The zero-order chi connectivity index (χ0) is 27.1. The Balaban J connectivity index is 1.31. The topological polar surface area (TPSA) is 92.1 Å². The Morgan fingerprint density at radius 2 is 1.91 bits per heavy atom. The highest BCUT2D eigenvalue weighted by Gasteiger charge is 2.17. The van der Waals surface area contributed by atoms with Crippen molar-refractivity contribution in [2.45, 2.75) is 0 Å². The molecule has 9 nitrogen and oxygen atoms in total. The van der Waals surface area contributed by atoms with Crippen LogP contribution in [0.15, 0.2) is 55.2 Å². The van der Waals surface area contributed by atoms with Gasteiger partial charge < -0.3 is 15.1 Å². The van der Waals surface area contributed by atoms with Crippen molar-refractivity contribution in [3.8, 4) is 11.1 Å². The summed E-state index contributed by atoms with van der Waals surface area (Å²) in [7, 11) is 0. The molecule has 0 aromatic carbocycles. The number of piperazine rings is 1. The molecule has 0 aliphatic carbocycles. The fraction of sp³-hybridized carbons (Fsp3) is 0.261. The molecule has 1 N–H and O–H groups in total. The Kier molecular flexibility index (Phi) is 3.72. The first kappa shape index (κ1) is 14.3. The van der Waals surface area contributed by atoms with E-state index in [1.54, 1.807) is 36.8 Å². The monoisotopic (exact) mass is 434 g/mol. The maximum atomic E-state index is 13.0. The van der Waals surface area contributed by atoms with Crippen LogP contribution in [-0.2, 0) is 6.98 Å². The van der Waals surface area contributed by atoms with Crippen molar-refractivity contribution >= 4 is 28.4 Å². The third kappa shape index (κ3) is 4.15. The molecule has 0 atom stereocenters. The molecule has 0 spiro atoms. The van der Waals surface area contributed by atoms with Crippen LogP contribution in [-0.4, -0.2) is 68.7 Å². The lowest BCUT2D eigenvalue weighted by atomic mass is 10.1. The molecule has 32 heavy (non-hydrogen) atoms. The van der Waals surface area contributed by atoms with E-state index >= 15 is 0 Å². The van der Waals surface area contributed by atoms with Gasteiger partial charge in [-0.05, 0) is 31.2 Å². The first-order valence-corrected chi connectivity index (χ1v) is 10.1. The summed E-state index contributed by atoms with van der Waals surface area (Å²) < 4.78 is 46.1. The van der Waals surface area contributed by atoms with Crippen LogP contribution in [0.3, 0.4) is 0 Å². The number of carbonyl (C=O) groups excluding carboxylic acids is 1. The number of anilines is 2. The van der Waals surface area contributed by atoms with Gasteiger partial charge in [0.1, 0.15) is 11.6 Å². The number of aryl methyl sites for hydroxylation is 1. The van der Waals surface area contributed by atoms with E-state index in [-0.39, 0.29) is 5.91 Å². The van der Waals surface area contributed by atoms with Crippen LogP contribution in [0.25, 0.3) is 22.0 Å². The van der Waals surface area contributed by atoms with Crippen molar-refractivity contribution in [3.63, 3.8) is 0 Å². The van der Waals surface area contributed by atoms with Gasteiger partial charge in [0.05, 0.1) is 17.9 Å². The second-order valence-electron chi connectivity index (χ2n) is 7.49. The summed E-state index contributed by atoms with van der Waals surface area (Å²) >= 11 is 0. The van der Waals surface area contributed by atoms with Crippen molar-refractivity contribution in [2.75, 3.05) is 43.4 Å². The fourth-order valence-corrected chi connectivity index (χ4v) is 3.59. The third-order valence-electron chi connectivity index (χ3n) is 5.34. The minimum atomic E-state index is -2.37. The van der Waals surface area contributed by atoms with Gasteiger partial charge in [-0.1, -0.05) is 0 Å². The summed E-state index contributed by atoms with van der Waals surface area (Å²) in [4.78, 5) is 29.4. The van der Waals surface area contributed by atoms with Gasteiger partial charge in [0.2, 0.25) is 0 Å². The minimum absolute atomic E-state index is 0.323. The molecule has 5 heterocycles. The molecular weight excluding hydrogens is 404 g/mol. The molecule has 1 amide bonds. The van der Waals surface area contributed by atoms with E-state index in [1.165, 1.54) is 17.3 Å². The van der Waals surface area contributed by atoms with Gasteiger partial charge in [-0.15, -0.1) is 0 Å². The molecule has 5 rings (SSSR count). The quantitative estimate of drug-likeness (QED) is 0.527. The van der Waals surface area contributed by atoms with E-state index in [2.05, 4.69) is 25.4 Å². The predicted octanol–water partition coefficient (Wildman–Crippen LogP) is 2.43. The normalized spacial score (nSPS) is 18.2. The first-order valence-electron chi connectivity index (χ1n) is 13.1. The third-order valence-corrected chi connectivity index (χ3v) is 5.34. The van der Waals surface area contributed by atoms with E-state index in [9.17, 15) is 4.79 Å². The lowest BCUT2D eigenvalue weighted by Gasteiger charge is -2.33. The molecule has 1 aliphatic rings. The smallest absolute Gasteiger partial charge is 0.257 e. The molecular formula is C23H24N8O. The van der Waals surface area contributed by atoms with Crippen molar-refractivity contribution < 1.29 is 13.0 Å². The van der Waals surface area contributed by atoms with Gasteiger partial charge in [-0.2, -0.15) is 5.10 Å². The number of fused-ring (bicyclic) bond motifs is 1. The number of amides is 1. The maximum absolute atomic E-state index is 13.0. The average Bonchev–Trinajstić information content (AvgIpc) is 3.39. The molecule has 0 radical (unpaired) electrons. The Labute approximate surface area is 194 Å². The van der Waals surface area contributed by atoms with E-state index in [0.717, 1.165) is 4.68 Å². The zero-order valence-electron chi connectivity index (χ0n) is 23.1. The first-order chi connectivity index (χ1) is 18.0. The van der Waals surface area contributed by atoms with Crippen LogP contribution in [0.4, 0.5) is 11.6 Å². The van der Waals surface area contributed by atoms with Crippen LogP contribution in [0, 0.1) is 0 Å². The number of nitrogens with zero attached hydrogens (tertiary/aromatic N) is 7. The van der Waals surface area contributed by atoms with E-state index < -0.39 is 14.0 Å². The number of hydrogen-bond acceptors (Lipinski definition) is 7. The molecule has 162 valence electrons. The molecule has 1 fully saturated rings. The van der Waals surface area contributed by atoms with Crippen LogP contribution in [0.5, 0.6) is 0 Å². The van der Waals surface area contributed by atoms with Gasteiger partial charge in [0.25, 0.3) is 5.91 Å². The number of rotatable bonds is 4. The highest BCUT2D eigenvalue weighted by atomic mass is 16.1. The van der Waals surface area contributed by atoms with E-state index in [0.29, 0.717) is 65.4 Å². The van der Waals surface area contributed by atoms with Gasteiger partial charge >= 0.3 is 0 Å².